The number of anilines is 1. The van der Waals surface area contributed by atoms with Gasteiger partial charge in [0.25, 0.3) is 0 Å². The van der Waals surface area contributed by atoms with Crippen molar-refractivity contribution in [3.05, 3.63) is 89.3 Å². The van der Waals surface area contributed by atoms with Gasteiger partial charge in [-0.25, -0.2) is 9.67 Å². The van der Waals surface area contributed by atoms with E-state index in [9.17, 15) is 4.79 Å². The highest BCUT2D eigenvalue weighted by molar-refractivity contribution is 7.15. The van der Waals surface area contributed by atoms with Crippen LogP contribution >= 0.6 is 11.3 Å². The minimum Gasteiger partial charge on any atom is -0.326 e. The van der Waals surface area contributed by atoms with E-state index in [0.717, 1.165) is 44.5 Å². The molecule has 0 atom stereocenters. The highest BCUT2D eigenvalue weighted by Gasteiger charge is 2.16. The number of hydrogen-bond acceptors (Lipinski definition) is 4. The number of benzene rings is 2. The Morgan fingerprint density at radius 2 is 1.84 bits per heavy atom. The van der Waals surface area contributed by atoms with Gasteiger partial charge in [-0.2, -0.15) is 5.10 Å². The molecule has 154 valence electrons. The Labute approximate surface area is 183 Å². The fourth-order valence-corrected chi connectivity index (χ4v) is 4.41. The lowest BCUT2D eigenvalue weighted by atomic mass is 10.1. The number of fused-ring (bicyclic) bond motifs is 1. The van der Waals surface area contributed by atoms with Crippen molar-refractivity contribution in [2.45, 2.75) is 20.3 Å². The maximum atomic E-state index is 12.7. The number of carbonyl (C=O) groups is 1. The van der Waals surface area contributed by atoms with Gasteiger partial charge in [0.15, 0.2) is 4.96 Å². The van der Waals surface area contributed by atoms with E-state index in [1.807, 2.05) is 95.3 Å². The standard InChI is InChI=1S/C24H21N5OS/c1-16-21(17(2)29(27-16)20-6-4-3-5-7-20)14-23(30)25-19-10-8-18(9-11-19)22-15-28-12-13-31-24(28)26-22/h3-13,15H,14H2,1-2H3,(H,25,30). The summed E-state index contributed by atoms with van der Waals surface area (Å²) >= 11 is 1.61. The lowest BCUT2D eigenvalue weighted by Crippen LogP contribution is -2.15. The largest absolute Gasteiger partial charge is 0.326 e. The van der Waals surface area contributed by atoms with E-state index in [-0.39, 0.29) is 12.3 Å². The summed E-state index contributed by atoms with van der Waals surface area (Å²) < 4.78 is 3.90. The Morgan fingerprint density at radius 3 is 2.58 bits per heavy atom. The number of imidazole rings is 1. The number of nitrogens with zero attached hydrogens (tertiary/aromatic N) is 4. The van der Waals surface area contributed by atoms with Crippen LogP contribution in [0.5, 0.6) is 0 Å². The number of carbonyl (C=O) groups excluding carboxylic acids is 1. The lowest BCUT2D eigenvalue weighted by Gasteiger charge is -2.07. The maximum absolute atomic E-state index is 12.7. The monoisotopic (exact) mass is 427 g/mol. The molecule has 3 aromatic heterocycles. The summed E-state index contributed by atoms with van der Waals surface area (Å²) in [6.45, 7) is 3.94. The topological polar surface area (TPSA) is 64.2 Å². The summed E-state index contributed by atoms with van der Waals surface area (Å²) in [5, 5.41) is 9.63. The van der Waals surface area contributed by atoms with Crippen LogP contribution in [0.25, 0.3) is 21.9 Å². The van der Waals surface area contributed by atoms with Crippen LogP contribution in [0.2, 0.25) is 0 Å². The molecule has 0 saturated heterocycles. The van der Waals surface area contributed by atoms with Gasteiger partial charge in [-0.3, -0.25) is 9.20 Å². The van der Waals surface area contributed by atoms with Gasteiger partial charge in [-0.05, 0) is 38.1 Å². The molecule has 0 fully saturated rings. The smallest absolute Gasteiger partial charge is 0.228 e. The van der Waals surface area contributed by atoms with Crippen molar-refractivity contribution < 1.29 is 4.79 Å². The first-order valence-electron chi connectivity index (χ1n) is 10.0. The molecule has 2 aromatic carbocycles. The summed E-state index contributed by atoms with van der Waals surface area (Å²) in [7, 11) is 0. The Balaban J connectivity index is 1.30. The van der Waals surface area contributed by atoms with Crippen molar-refractivity contribution in [3.8, 4) is 16.9 Å². The molecule has 0 aliphatic rings. The molecule has 0 radical (unpaired) electrons. The number of para-hydroxylation sites is 1. The molecule has 0 bridgehead atoms. The first kappa shape index (κ1) is 19.3. The number of nitrogens with one attached hydrogen (secondary N) is 1. The summed E-state index contributed by atoms with van der Waals surface area (Å²) in [5.41, 5.74) is 6.50. The zero-order valence-corrected chi connectivity index (χ0v) is 18.1. The van der Waals surface area contributed by atoms with Crippen molar-refractivity contribution >= 4 is 27.9 Å². The number of amides is 1. The predicted octanol–water partition coefficient (Wildman–Crippen LogP) is 5.05. The van der Waals surface area contributed by atoms with Gasteiger partial charge in [0.2, 0.25) is 5.91 Å². The molecular weight excluding hydrogens is 406 g/mol. The molecule has 5 rings (SSSR count). The van der Waals surface area contributed by atoms with Gasteiger partial charge in [0.05, 0.1) is 23.5 Å². The fourth-order valence-electron chi connectivity index (χ4n) is 3.71. The maximum Gasteiger partial charge on any atom is 0.228 e. The Bertz CT molecular complexity index is 1330. The third-order valence-electron chi connectivity index (χ3n) is 5.34. The number of aromatic nitrogens is 4. The van der Waals surface area contributed by atoms with Crippen molar-refractivity contribution in [2.75, 3.05) is 5.32 Å². The summed E-state index contributed by atoms with van der Waals surface area (Å²) in [4.78, 5) is 18.3. The number of hydrogen-bond donors (Lipinski definition) is 1. The second kappa shape index (κ2) is 7.85. The molecule has 0 saturated carbocycles. The first-order valence-corrected chi connectivity index (χ1v) is 10.9. The van der Waals surface area contributed by atoms with E-state index in [2.05, 4.69) is 15.4 Å². The SMILES string of the molecule is Cc1nn(-c2ccccc2)c(C)c1CC(=O)Nc1ccc(-c2cn3ccsc3n2)cc1. The van der Waals surface area contributed by atoms with Gasteiger partial charge in [0.1, 0.15) is 0 Å². The van der Waals surface area contributed by atoms with E-state index in [1.165, 1.54) is 0 Å². The van der Waals surface area contributed by atoms with Gasteiger partial charge in [0, 0.05) is 40.3 Å². The van der Waals surface area contributed by atoms with Crippen LogP contribution in [0.4, 0.5) is 5.69 Å². The zero-order chi connectivity index (χ0) is 21.4. The van der Waals surface area contributed by atoms with Crippen LogP contribution in [0.1, 0.15) is 17.0 Å². The number of aryl methyl sites for hydroxylation is 1. The third-order valence-corrected chi connectivity index (χ3v) is 6.11. The predicted molar refractivity (Wildman–Crippen MR) is 124 cm³/mol. The fraction of sp³-hybridized carbons (Fsp3) is 0.125. The molecule has 7 heteroatoms. The first-order chi connectivity index (χ1) is 15.1. The molecule has 3 heterocycles. The molecule has 0 aliphatic carbocycles. The van der Waals surface area contributed by atoms with E-state index >= 15 is 0 Å². The summed E-state index contributed by atoms with van der Waals surface area (Å²) in [5.74, 6) is -0.0610. The number of thiazole rings is 1. The van der Waals surface area contributed by atoms with Crippen molar-refractivity contribution in [1.29, 1.82) is 0 Å². The molecular formula is C24H21N5OS. The van der Waals surface area contributed by atoms with Crippen LogP contribution < -0.4 is 5.32 Å². The lowest BCUT2D eigenvalue weighted by molar-refractivity contribution is -0.115. The highest BCUT2D eigenvalue weighted by Crippen LogP contribution is 2.24. The van der Waals surface area contributed by atoms with Crippen LogP contribution in [-0.2, 0) is 11.2 Å². The molecule has 31 heavy (non-hydrogen) atoms. The third kappa shape index (κ3) is 3.75. The summed E-state index contributed by atoms with van der Waals surface area (Å²) in [6.07, 6.45) is 4.29. The van der Waals surface area contributed by atoms with Crippen LogP contribution in [0.3, 0.4) is 0 Å². The van der Waals surface area contributed by atoms with E-state index in [0.29, 0.717) is 0 Å². The van der Waals surface area contributed by atoms with E-state index < -0.39 is 0 Å². The molecule has 0 aliphatic heterocycles. The number of rotatable bonds is 5. The zero-order valence-electron chi connectivity index (χ0n) is 17.2. The van der Waals surface area contributed by atoms with Crippen LogP contribution in [-0.4, -0.2) is 25.1 Å². The average molecular weight is 428 g/mol. The second-order valence-electron chi connectivity index (χ2n) is 7.42. The van der Waals surface area contributed by atoms with E-state index in [4.69, 9.17) is 0 Å². The average Bonchev–Trinajstić information content (AvgIpc) is 3.45. The Kier molecular flexibility index (Phi) is 4.88. The van der Waals surface area contributed by atoms with Gasteiger partial charge in [-0.15, -0.1) is 11.3 Å². The minimum absolute atomic E-state index is 0.0610. The van der Waals surface area contributed by atoms with Gasteiger partial charge >= 0.3 is 0 Å². The van der Waals surface area contributed by atoms with Crippen molar-refractivity contribution in [1.82, 2.24) is 19.2 Å². The van der Waals surface area contributed by atoms with Crippen molar-refractivity contribution in [3.63, 3.8) is 0 Å². The van der Waals surface area contributed by atoms with Gasteiger partial charge in [-0.1, -0.05) is 30.3 Å². The van der Waals surface area contributed by atoms with Gasteiger partial charge < -0.3 is 5.32 Å². The highest BCUT2D eigenvalue weighted by atomic mass is 32.1. The Hall–Kier alpha value is -3.71. The molecule has 0 unspecified atom stereocenters. The van der Waals surface area contributed by atoms with Crippen LogP contribution in [0.15, 0.2) is 72.4 Å². The normalized spacial score (nSPS) is 11.2. The van der Waals surface area contributed by atoms with Crippen LogP contribution in [0, 0.1) is 13.8 Å². The minimum atomic E-state index is -0.0610. The molecule has 0 spiro atoms. The second-order valence-corrected chi connectivity index (χ2v) is 8.29. The molecule has 6 nitrogen and oxygen atoms in total. The molecule has 5 aromatic rings. The quantitative estimate of drug-likeness (QED) is 0.427. The Morgan fingerprint density at radius 1 is 1.06 bits per heavy atom. The molecule has 1 N–H and O–H groups in total. The van der Waals surface area contributed by atoms with Crippen molar-refractivity contribution in [2.24, 2.45) is 0 Å². The van der Waals surface area contributed by atoms with E-state index in [1.54, 1.807) is 11.3 Å². The summed E-state index contributed by atoms with van der Waals surface area (Å²) in [6, 6.07) is 17.7. The molecule has 1 amide bonds.